The molecule has 0 radical (unpaired) electrons. The zero-order chi connectivity index (χ0) is 12.8. The molecule has 0 aromatic carbocycles. The van der Waals surface area contributed by atoms with Gasteiger partial charge in [-0.2, -0.15) is 0 Å². The Balaban J connectivity index is 4.17. The molecule has 0 saturated carbocycles. The third kappa shape index (κ3) is 6.80. The lowest BCUT2D eigenvalue weighted by molar-refractivity contribution is -0.376. The SMILES string of the molecule is CCCCC(C(=O)O)C(C)OOC(C)(C)C. The second-order valence-electron chi connectivity index (χ2n) is 5.08. The first-order valence-corrected chi connectivity index (χ1v) is 5.85. The molecule has 0 aliphatic rings. The van der Waals surface area contributed by atoms with Crippen molar-refractivity contribution in [1.29, 1.82) is 0 Å². The molecule has 0 spiro atoms. The number of carboxylic acid groups (broad SMARTS) is 1. The molecular formula is C12H24O4. The fourth-order valence-corrected chi connectivity index (χ4v) is 1.27. The Morgan fingerprint density at radius 2 is 1.94 bits per heavy atom. The number of carbonyl (C=O) groups is 1. The third-order valence-electron chi connectivity index (χ3n) is 2.20. The Morgan fingerprint density at radius 1 is 1.38 bits per heavy atom. The van der Waals surface area contributed by atoms with Crippen LogP contribution in [0.25, 0.3) is 0 Å². The number of hydrogen-bond donors (Lipinski definition) is 1. The van der Waals surface area contributed by atoms with Gasteiger partial charge < -0.3 is 5.11 Å². The van der Waals surface area contributed by atoms with Gasteiger partial charge in [0, 0.05) is 0 Å². The van der Waals surface area contributed by atoms with Crippen molar-refractivity contribution in [2.24, 2.45) is 5.92 Å². The van der Waals surface area contributed by atoms with Crippen molar-refractivity contribution in [2.45, 2.75) is 65.6 Å². The molecule has 0 heterocycles. The average molecular weight is 232 g/mol. The molecule has 2 unspecified atom stereocenters. The maximum absolute atomic E-state index is 11.0. The van der Waals surface area contributed by atoms with E-state index < -0.39 is 23.6 Å². The van der Waals surface area contributed by atoms with Crippen LogP contribution in [0.2, 0.25) is 0 Å². The predicted molar refractivity (Wildman–Crippen MR) is 62.0 cm³/mol. The first kappa shape index (κ1) is 15.4. The van der Waals surface area contributed by atoms with E-state index in [1.807, 2.05) is 27.7 Å². The zero-order valence-corrected chi connectivity index (χ0v) is 10.9. The van der Waals surface area contributed by atoms with Crippen molar-refractivity contribution in [3.8, 4) is 0 Å². The first-order valence-electron chi connectivity index (χ1n) is 5.85. The van der Waals surface area contributed by atoms with Crippen LogP contribution in [0.5, 0.6) is 0 Å². The smallest absolute Gasteiger partial charge is 0.309 e. The summed E-state index contributed by atoms with van der Waals surface area (Å²) in [4.78, 5) is 21.3. The fraction of sp³-hybridized carbons (Fsp3) is 0.917. The van der Waals surface area contributed by atoms with Crippen molar-refractivity contribution in [2.75, 3.05) is 0 Å². The maximum Gasteiger partial charge on any atom is 0.309 e. The molecule has 0 saturated heterocycles. The molecular weight excluding hydrogens is 208 g/mol. The van der Waals surface area contributed by atoms with Gasteiger partial charge in [-0.1, -0.05) is 19.8 Å². The summed E-state index contributed by atoms with van der Waals surface area (Å²) in [5, 5.41) is 9.06. The summed E-state index contributed by atoms with van der Waals surface area (Å²) in [7, 11) is 0. The number of aliphatic carboxylic acids is 1. The Kier molecular flexibility index (Phi) is 6.60. The van der Waals surface area contributed by atoms with Gasteiger partial charge in [0.15, 0.2) is 0 Å². The van der Waals surface area contributed by atoms with E-state index >= 15 is 0 Å². The van der Waals surface area contributed by atoms with Crippen molar-refractivity contribution >= 4 is 5.97 Å². The quantitative estimate of drug-likeness (QED) is 0.541. The van der Waals surface area contributed by atoms with E-state index in [2.05, 4.69) is 0 Å². The van der Waals surface area contributed by atoms with Crippen LogP contribution in [-0.4, -0.2) is 22.8 Å². The Labute approximate surface area is 97.9 Å². The van der Waals surface area contributed by atoms with Crippen molar-refractivity contribution in [3.63, 3.8) is 0 Å². The van der Waals surface area contributed by atoms with Crippen LogP contribution in [-0.2, 0) is 14.6 Å². The molecule has 0 aromatic heterocycles. The van der Waals surface area contributed by atoms with Crippen LogP contribution < -0.4 is 0 Å². The number of hydrogen-bond acceptors (Lipinski definition) is 3. The summed E-state index contributed by atoms with van der Waals surface area (Å²) in [5.74, 6) is -1.32. The van der Waals surface area contributed by atoms with Crippen LogP contribution in [0.3, 0.4) is 0 Å². The lowest BCUT2D eigenvalue weighted by atomic mass is 9.97. The fourth-order valence-electron chi connectivity index (χ4n) is 1.27. The second-order valence-corrected chi connectivity index (χ2v) is 5.08. The highest BCUT2D eigenvalue weighted by molar-refractivity contribution is 5.70. The molecule has 0 aromatic rings. The summed E-state index contributed by atoms with van der Waals surface area (Å²) in [6, 6.07) is 0. The van der Waals surface area contributed by atoms with Gasteiger partial charge in [-0.3, -0.25) is 4.79 Å². The summed E-state index contributed by atoms with van der Waals surface area (Å²) in [5.41, 5.74) is -0.415. The number of rotatable bonds is 7. The highest BCUT2D eigenvalue weighted by atomic mass is 17.2. The Hall–Kier alpha value is -0.610. The van der Waals surface area contributed by atoms with Crippen molar-refractivity contribution in [1.82, 2.24) is 0 Å². The second kappa shape index (κ2) is 6.86. The lowest BCUT2D eigenvalue weighted by Gasteiger charge is -2.24. The van der Waals surface area contributed by atoms with Crippen LogP contribution in [0, 0.1) is 5.92 Å². The molecule has 4 heteroatoms. The van der Waals surface area contributed by atoms with Crippen LogP contribution in [0.1, 0.15) is 53.9 Å². The van der Waals surface area contributed by atoms with E-state index in [1.54, 1.807) is 6.92 Å². The lowest BCUT2D eigenvalue weighted by Crippen LogP contribution is -2.31. The molecule has 1 N–H and O–H groups in total. The van der Waals surface area contributed by atoms with Crippen LogP contribution >= 0.6 is 0 Å². The molecule has 16 heavy (non-hydrogen) atoms. The number of carboxylic acids is 1. The molecule has 0 amide bonds. The minimum Gasteiger partial charge on any atom is -0.481 e. The largest absolute Gasteiger partial charge is 0.481 e. The van der Waals surface area contributed by atoms with Crippen molar-refractivity contribution < 1.29 is 19.7 Å². The molecule has 0 aliphatic heterocycles. The maximum atomic E-state index is 11.0. The van der Waals surface area contributed by atoms with Gasteiger partial charge in [0.25, 0.3) is 0 Å². The van der Waals surface area contributed by atoms with E-state index in [0.717, 1.165) is 12.8 Å². The summed E-state index contributed by atoms with van der Waals surface area (Å²) in [6.07, 6.45) is 2.07. The molecule has 4 nitrogen and oxygen atoms in total. The summed E-state index contributed by atoms with van der Waals surface area (Å²) < 4.78 is 0. The zero-order valence-electron chi connectivity index (χ0n) is 10.9. The highest BCUT2D eigenvalue weighted by Crippen LogP contribution is 2.19. The standard InChI is InChI=1S/C12H24O4/c1-6-7-8-10(11(13)14)9(2)15-16-12(3,4)5/h9-10H,6-8H2,1-5H3,(H,13,14). The molecule has 0 bridgehead atoms. The van der Waals surface area contributed by atoms with E-state index in [4.69, 9.17) is 14.9 Å². The normalized spacial score (nSPS) is 15.8. The van der Waals surface area contributed by atoms with Gasteiger partial charge in [0.2, 0.25) is 0 Å². The molecule has 2 atom stereocenters. The Morgan fingerprint density at radius 3 is 2.31 bits per heavy atom. The van der Waals surface area contributed by atoms with Crippen molar-refractivity contribution in [3.05, 3.63) is 0 Å². The average Bonchev–Trinajstić information content (AvgIpc) is 2.13. The predicted octanol–water partition coefficient (Wildman–Crippen LogP) is 3.01. The van der Waals surface area contributed by atoms with Gasteiger partial charge in [-0.05, 0) is 34.1 Å². The summed E-state index contributed by atoms with van der Waals surface area (Å²) >= 11 is 0. The molecule has 0 rings (SSSR count). The van der Waals surface area contributed by atoms with Crippen LogP contribution in [0.15, 0.2) is 0 Å². The van der Waals surface area contributed by atoms with Gasteiger partial charge >= 0.3 is 5.97 Å². The van der Waals surface area contributed by atoms with E-state index in [1.165, 1.54) is 0 Å². The topological polar surface area (TPSA) is 55.8 Å². The van der Waals surface area contributed by atoms with E-state index in [0.29, 0.717) is 6.42 Å². The third-order valence-corrected chi connectivity index (χ3v) is 2.20. The van der Waals surface area contributed by atoms with Gasteiger partial charge in [0.1, 0.15) is 6.10 Å². The molecule has 0 aliphatic carbocycles. The highest BCUT2D eigenvalue weighted by Gasteiger charge is 2.27. The van der Waals surface area contributed by atoms with Gasteiger partial charge in [-0.25, -0.2) is 9.78 Å². The molecule has 96 valence electrons. The Bertz CT molecular complexity index is 208. The van der Waals surface area contributed by atoms with E-state index in [-0.39, 0.29) is 0 Å². The van der Waals surface area contributed by atoms with Crippen LogP contribution in [0.4, 0.5) is 0 Å². The monoisotopic (exact) mass is 232 g/mol. The minimum absolute atomic E-state index is 0.415. The minimum atomic E-state index is -0.821. The molecule has 0 fully saturated rings. The first-order chi connectivity index (χ1) is 7.28. The number of unbranched alkanes of at least 4 members (excludes halogenated alkanes) is 1. The van der Waals surface area contributed by atoms with E-state index in [9.17, 15) is 4.79 Å². The van der Waals surface area contributed by atoms with Gasteiger partial charge in [-0.15, -0.1) is 0 Å². The summed E-state index contributed by atoms with van der Waals surface area (Å²) in [6.45, 7) is 9.36. The van der Waals surface area contributed by atoms with Gasteiger partial charge in [0.05, 0.1) is 11.5 Å².